The monoisotopic (exact) mass is 766 g/mol. The summed E-state index contributed by atoms with van der Waals surface area (Å²) in [6.07, 6.45) is 46.0. The van der Waals surface area contributed by atoms with Crippen molar-refractivity contribution in [2.75, 3.05) is 26.4 Å². The van der Waals surface area contributed by atoms with Crippen LogP contribution in [0.4, 0.5) is 0 Å². The summed E-state index contributed by atoms with van der Waals surface area (Å²) < 4.78 is 32.5. The van der Waals surface area contributed by atoms with Crippen LogP contribution in [-0.2, 0) is 32.7 Å². The summed E-state index contributed by atoms with van der Waals surface area (Å²) in [5.74, 6) is -1.11. The van der Waals surface area contributed by atoms with Crippen molar-refractivity contribution in [3.63, 3.8) is 0 Å². The average molecular weight is 766 g/mol. The Hall–Kier alpha value is -2.29. The number of unbranched alkanes of at least 4 members (excludes halogenated alkanes) is 18. The van der Waals surface area contributed by atoms with E-state index in [1.165, 1.54) is 96.0 Å². The van der Waals surface area contributed by atoms with Crippen molar-refractivity contribution in [1.29, 1.82) is 0 Å². The van der Waals surface area contributed by atoms with E-state index in [2.05, 4.69) is 50.3 Å². The SMILES string of the molecule is CCCCC/C=C/C/C=C/C/C=C/CCCCCCC(=O)OC[C@H](COP(=O)(O)OCCN)OC(=O)/C=C/C=C/CCCCCCCCCCCCC. The first-order chi connectivity index (χ1) is 25.8. The molecule has 0 aromatic rings. The zero-order valence-electron chi connectivity index (χ0n) is 33.5. The summed E-state index contributed by atoms with van der Waals surface area (Å²) in [6, 6.07) is 0. The van der Waals surface area contributed by atoms with Gasteiger partial charge in [0.25, 0.3) is 0 Å². The summed E-state index contributed by atoms with van der Waals surface area (Å²) >= 11 is 0. The highest BCUT2D eigenvalue weighted by molar-refractivity contribution is 7.47. The second-order valence-corrected chi connectivity index (χ2v) is 15.0. The van der Waals surface area contributed by atoms with Crippen LogP contribution in [0, 0.1) is 0 Å². The lowest BCUT2D eigenvalue weighted by atomic mass is 10.1. The zero-order chi connectivity index (χ0) is 38.9. The van der Waals surface area contributed by atoms with Gasteiger partial charge in [0.1, 0.15) is 6.61 Å². The highest BCUT2D eigenvalue weighted by atomic mass is 31.2. The molecule has 1 unspecified atom stereocenters. The van der Waals surface area contributed by atoms with Gasteiger partial charge in [-0.15, -0.1) is 0 Å². The number of esters is 2. The molecule has 53 heavy (non-hydrogen) atoms. The Bertz CT molecular complexity index is 1050. The Labute approximate surface area is 323 Å². The number of phosphoric ester groups is 1. The predicted molar refractivity (Wildman–Crippen MR) is 219 cm³/mol. The maximum Gasteiger partial charge on any atom is 0.472 e. The number of carbonyl (C=O) groups is 2. The van der Waals surface area contributed by atoms with Gasteiger partial charge in [-0.1, -0.05) is 158 Å². The Balaban J connectivity index is 4.33. The first kappa shape index (κ1) is 50.7. The van der Waals surface area contributed by atoms with Crippen molar-refractivity contribution in [2.45, 2.75) is 174 Å². The van der Waals surface area contributed by atoms with Crippen LogP contribution in [0.15, 0.2) is 60.8 Å². The first-order valence-electron chi connectivity index (χ1n) is 20.8. The van der Waals surface area contributed by atoms with Crippen LogP contribution in [0.1, 0.15) is 168 Å². The molecule has 0 aliphatic rings. The van der Waals surface area contributed by atoms with Crippen LogP contribution in [0.3, 0.4) is 0 Å². The molecule has 0 rings (SSSR count). The van der Waals surface area contributed by atoms with Crippen LogP contribution in [0.5, 0.6) is 0 Å². The molecule has 0 bridgehead atoms. The average Bonchev–Trinajstić information content (AvgIpc) is 3.14. The van der Waals surface area contributed by atoms with Gasteiger partial charge in [0, 0.05) is 19.0 Å². The van der Waals surface area contributed by atoms with Crippen molar-refractivity contribution in [1.82, 2.24) is 0 Å². The molecule has 0 fully saturated rings. The van der Waals surface area contributed by atoms with Gasteiger partial charge in [-0.3, -0.25) is 13.8 Å². The lowest BCUT2D eigenvalue weighted by Crippen LogP contribution is -2.29. The number of allylic oxidation sites excluding steroid dienone is 9. The van der Waals surface area contributed by atoms with E-state index in [0.717, 1.165) is 51.4 Å². The summed E-state index contributed by atoms with van der Waals surface area (Å²) in [5, 5.41) is 0. The third kappa shape index (κ3) is 39.2. The Morgan fingerprint density at radius 3 is 1.70 bits per heavy atom. The van der Waals surface area contributed by atoms with Gasteiger partial charge in [0.15, 0.2) is 6.10 Å². The van der Waals surface area contributed by atoms with E-state index in [0.29, 0.717) is 6.42 Å². The maximum absolute atomic E-state index is 12.4. The topological polar surface area (TPSA) is 134 Å². The Morgan fingerprint density at radius 2 is 1.11 bits per heavy atom. The smallest absolute Gasteiger partial charge is 0.462 e. The quantitative estimate of drug-likeness (QED) is 0.0157. The molecule has 0 heterocycles. The summed E-state index contributed by atoms with van der Waals surface area (Å²) in [6.45, 7) is 3.54. The molecular weight excluding hydrogens is 689 g/mol. The number of nitrogens with two attached hydrogens (primary N) is 1. The number of hydrogen-bond donors (Lipinski definition) is 2. The fraction of sp³-hybridized carbons (Fsp3) is 0.721. The summed E-state index contributed by atoms with van der Waals surface area (Å²) in [5.41, 5.74) is 5.33. The largest absolute Gasteiger partial charge is 0.472 e. The minimum Gasteiger partial charge on any atom is -0.462 e. The molecule has 2 atom stereocenters. The maximum atomic E-state index is 12.4. The van der Waals surface area contributed by atoms with Gasteiger partial charge in [-0.2, -0.15) is 0 Å². The van der Waals surface area contributed by atoms with Crippen LogP contribution in [-0.4, -0.2) is 49.3 Å². The fourth-order valence-electron chi connectivity index (χ4n) is 5.37. The molecule has 3 N–H and O–H groups in total. The second kappa shape index (κ2) is 39.4. The number of rotatable bonds is 38. The molecule has 0 radical (unpaired) electrons. The zero-order valence-corrected chi connectivity index (χ0v) is 34.4. The van der Waals surface area contributed by atoms with Crippen LogP contribution in [0.2, 0.25) is 0 Å². The number of carbonyl (C=O) groups excluding carboxylic acids is 2. The number of ether oxygens (including phenoxy) is 2. The van der Waals surface area contributed by atoms with Crippen molar-refractivity contribution in [2.24, 2.45) is 5.73 Å². The van der Waals surface area contributed by atoms with Crippen molar-refractivity contribution < 1.29 is 37.6 Å². The molecule has 0 aliphatic carbocycles. The number of hydrogen-bond acceptors (Lipinski definition) is 8. The molecular formula is C43H76NO8P. The summed E-state index contributed by atoms with van der Waals surface area (Å²) in [7, 11) is -4.41. The van der Waals surface area contributed by atoms with E-state index in [1.54, 1.807) is 12.2 Å². The van der Waals surface area contributed by atoms with E-state index in [4.69, 9.17) is 24.3 Å². The second-order valence-electron chi connectivity index (χ2n) is 13.6. The van der Waals surface area contributed by atoms with Crippen molar-refractivity contribution in [3.05, 3.63) is 60.8 Å². The Kier molecular flexibility index (Phi) is 37.7. The first-order valence-corrected chi connectivity index (χ1v) is 22.3. The molecule has 306 valence electrons. The minimum atomic E-state index is -4.41. The van der Waals surface area contributed by atoms with Gasteiger partial charge >= 0.3 is 19.8 Å². The highest BCUT2D eigenvalue weighted by Gasteiger charge is 2.25. The summed E-state index contributed by atoms with van der Waals surface area (Å²) in [4.78, 5) is 34.7. The highest BCUT2D eigenvalue weighted by Crippen LogP contribution is 2.43. The van der Waals surface area contributed by atoms with Gasteiger partial charge in [0.05, 0.1) is 13.2 Å². The number of phosphoric acid groups is 1. The minimum absolute atomic E-state index is 0.0351. The van der Waals surface area contributed by atoms with Crippen molar-refractivity contribution >= 4 is 19.8 Å². The van der Waals surface area contributed by atoms with Crippen LogP contribution < -0.4 is 5.73 Å². The van der Waals surface area contributed by atoms with E-state index in [9.17, 15) is 19.0 Å². The van der Waals surface area contributed by atoms with Gasteiger partial charge in [-0.25, -0.2) is 9.36 Å². The van der Waals surface area contributed by atoms with Gasteiger partial charge < -0.3 is 20.1 Å². The third-order valence-corrected chi connectivity index (χ3v) is 9.47. The normalized spacial score (nSPS) is 14.0. The molecule has 10 heteroatoms. The molecule has 0 aromatic carbocycles. The van der Waals surface area contributed by atoms with E-state index >= 15 is 0 Å². The molecule has 0 spiro atoms. The lowest BCUT2D eigenvalue weighted by Gasteiger charge is -2.19. The molecule has 0 saturated carbocycles. The van der Waals surface area contributed by atoms with E-state index in [-0.39, 0.29) is 26.2 Å². The van der Waals surface area contributed by atoms with Gasteiger partial charge in [-0.05, 0) is 57.8 Å². The molecule has 0 amide bonds. The molecule has 0 aliphatic heterocycles. The Morgan fingerprint density at radius 1 is 0.623 bits per heavy atom. The van der Waals surface area contributed by atoms with E-state index in [1.807, 2.05) is 6.08 Å². The van der Waals surface area contributed by atoms with Crippen LogP contribution >= 0.6 is 7.82 Å². The predicted octanol–water partition coefficient (Wildman–Crippen LogP) is 11.7. The third-order valence-electron chi connectivity index (χ3n) is 8.48. The van der Waals surface area contributed by atoms with Crippen molar-refractivity contribution in [3.8, 4) is 0 Å². The standard InChI is InChI=1S/C43H76NO8P/c1-3-5-7-9-11-13-15-17-19-20-22-23-25-27-29-31-33-35-42(45)49-39-41(40-51-53(47,48)50-38-37-44)52-43(46)36-34-32-30-28-26-24-21-18-16-14-12-10-8-6-4-2/h11,13,17,19,22-23,30,32,34,36,41H,3-10,12,14-16,18,20-21,24-29,31,33,35,37-40,44H2,1-2H3,(H,47,48)/b13-11+,19-17+,23-22+,32-30+,36-34+/t41-/m1/s1. The van der Waals surface area contributed by atoms with Gasteiger partial charge in [0.2, 0.25) is 0 Å². The van der Waals surface area contributed by atoms with E-state index < -0.39 is 32.5 Å². The lowest BCUT2D eigenvalue weighted by molar-refractivity contribution is -0.157. The molecule has 0 aromatic heterocycles. The fourth-order valence-corrected chi connectivity index (χ4v) is 6.14. The molecule has 9 nitrogen and oxygen atoms in total. The molecule has 0 saturated heterocycles. The van der Waals surface area contributed by atoms with Crippen LogP contribution in [0.25, 0.3) is 0 Å².